The van der Waals surface area contributed by atoms with Crippen LogP contribution in [-0.4, -0.2) is 18.6 Å². The molecule has 0 aromatic heterocycles. The van der Waals surface area contributed by atoms with Gasteiger partial charge in [0.25, 0.3) is 0 Å². The molecular formula is C15H22N2O2. The number of amides is 1. The summed E-state index contributed by atoms with van der Waals surface area (Å²) in [6.07, 6.45) is 2.32. The van der Waals surface area contributed by atoms with Crippen molar-refractivity contribution in [1.82, 2.24) is 5.32 Å². The van der Waals surface area contributed by atoms with Crippen molar-refractivity contribution in [2.45, 2.75) is 45.2 Å². The molecule has 2 rings (SSSR count). The number of hydrogen-bond donors (Lipinski definition) is 2. The predicted molar refractivity (Wildman–Crippen MR) is 75.1 cm³/mol. The summed E-state index contributed by atoms with van der Waals surface area (Å²) >= 11 is 0. The van der Waals surface area contributed by atoms with Gasteiger partial charge in [-0.1, -0.05) is 19.1 Å². The van der Waals surface area contributed by atoms with Gasteiger partial charge in [0.15, 0.2) is 0 Å². The van der Waals surface area contributed by atoms with E-state index in [4.69, 9.17) is 10.5 Å². The summed E-state index contributed by atoms with van der Waals surface area (Å²) in [5.41, 5.74) is 7.76. The van der Waals surface area contributed by atoms with Crippen molar-refractivity contribution in [3.8, 4) is 5.75 Å². The molecule has 1 amide bonds. The molecule has 1 aliphatic heterocycles. The molecule has 1 heterocycles. The number of hydrogen-bond acceptors (Lipinski definition) is 3. The highest BCUT2D eigenvalue weighted by Gasteiger charge is 2.17. The van der Waals surface area contributed by atoms with Crippen LogP contribution in [0.2, 0.25) is 0 Å². The van der Waals surface area contributed by atoms with Gasteiger partial charge in [0.2, 0.25) is 5.91 Å². The van der Waals surface area contributed by atoms with Crippen molar-refractivity contribution in [3.63, 3.8) is 0 Å². The van der Waals surface area contributed by atoms with Crippen LogP contribution in [0.4, 0.5) is 0 Å². The Morgan fingerprint density at radius 3 is 3.00 bits per heavy atom. The molecule has 1 aromatic rings. The average Bonchev–Trinajstić information content (AvgIpc) is 2.82. The quantitative estimate of drug-likeness (QED) is 0.823. The Morgan fingerprint density at radius 1 is 1.53 bits per heavy atom. The summed E-state index contributed by atoms with van der Waals surface area (Å²) in [7, 11) is 0. The number of benzene rings is 1. The van der Waals surface area contributed by atoms with E-state index in [1.54, 1.807) is 0 Å². The average molecular weight is 262 g/mol. The van der Waals surface area contributed by atoms with Gasteiger partial charge in [0.05, 0.1) is 6.61 Å². The lowest BCUT2D eigenvalue weighted by Crippen LogP contribution is -2.33. The molecule has 0 saturated heterocycles. The normalized spacial score (nSPS) is 16.5. The minimum atomic E-state index is -0.266. The fourth-order valence-corrected chi connectivity index (χ4v) is 2.58. The predicted octanol–water partition coefficient (Wildman–Crippen LogP) is 1.93. The molecule has 0 saturated carbocycles. The largest absolute Gasteiger partial charge is 0.493 e. The van der Waals surface area contributed by atoms with E-state index < -0.39 is 0 Å². The summed E-state index contributed by atoms with van der Waals surface area (Å²) < 4.78 is 5.52. The molecule has 4 nitrogen and oxygen atoms in total. The van der Waals surface area contributed by atoms with Crippen LogP contribution in [0.5, 0.6) is 5.75 Å². The van der Waals surface area contributed by atoms with Crippen LogP contribution in [0.25, 0.3) is 0 Å². The summed E-state index contributed by atoms with van der Waals surface area (Å²) in [6, 6.07) is 6.69. The van der Waals surface area contributed by atoms with Gasteiger partial charge in [0.1, 0.15) is 5.75 Å². The lowest BCUT2D eigenvalue weighted by molar-refractivity contribution is -0.118. The summed E-state index contributed by atoms with van der Waals surface area (Å²) in [5.74, 6) is 0.737. The van der Waals surface area contributed by atoms with Crippen molar-refractivity contribution in [1.29, 1.82) is 0 Å². The summed E-state index contributed by atoms with van der Waals surface area (Å²) in [4.78, 5) is 10.9. The molecule has 0 spiro atoms. The molecule has 0 radical (unpaired) electrons. The van der Waals surface area contributed by atoms with Crippen LogP contribution < -0.4 is 15.8 Å². The maximum atomic E-state index is 10.9. The Hall–Kier alpha value is -1.55. The minimum Gasteiger partial charge on any atom is -0.493 e. The van der Waals surface area contributed by atoms with E-state index >= 15 is 0 Å². The van der Waals surface area contributed by atoms with Crippen molar-refractivity contribution in [2.24, 2.45) is 5.73 Å². The molecule has 1 aromatic carbocycles. The zero-order valence-corrected chi connectivity index (χ0v) is 11.6. The van der Waals surface area contributed by atoms with Gasteiger partial charge in [-0.2, -0.15) is 0 Å². The highest BCUT2D eigenvalue weighted by molar-refractivity contribution is 5.74. The fraction of sp³-hybridized carbons (Fsp3) is 0.533. The molecule has 4 heteroatoms. The maximum Gasteiger partial charge on any atom is 0.218 e. The van der Waals surface area contributed by atoms with Crippen LogP contribution >= 0.6 is 0 Å². The molecule has 1 aliphatic rings. The number of carbonyl (C=O) groups is 1. The Morgan fingerprint density at radius 2 is 2.32 bits per heavy atom. The van der Waals surface area contributed by atoms with E-state index in [1.807, 2.05) is 13.0 Å². The highest BCUT2D eigenvalue weighted by atomic mass is 16.5. The number of nitrogens with one attached hydrogen (secondary N) is 1. The van der Waals surface area contributed by atoms with E-state index in [0.29, 0.717) is 6.42 Å². The number of ether oxygens (including phenoxy) is 1. The standard InChI is InChI=1S/C15H22N2O2/c1-3-13(17-10(2)8-15(16)18)11-4-5-14-12(9-11)6-7-19-14/h4-5,9-10,13,17H,3,6-8H2,1-2H3,(H2,16,18). The second kappa shape index (κ2) is 6.06. The van der Waals surface area contributed by atoms with E-state index in [9.17, 15) is 4.79 Å². The molecule has 19 heavy (non-hydrogen) atoms. The monoisotopic (exact) mass is 262 g/mol. The van der Waals surface area contributed by atoms with E-state index in [2.05, 4.69) is 24.4 Å². The third-order valence-corrected chi connectivity index (χ3v) is 3.52. The first-order chi connectivity index (χ1) is 9.10. The zero-order valence-electron chi connectivity index (χ0n) is 11.6. The lowest BCUT2D eigenvalue weighted by atomic mass is 9.99. The molecule has 3 N–H and O–H groups in total. The van der Waals surface area contributed by atoms with E-state index in [0.717, 1.165) is 25.2 Å². The Bertz CT molecular complexity index is 459. The molecular weight excluding hydrogens is 240 g/mol. The maximum absolute atomic E-state index is 10.9. The molecule has 0 bridgehead atoms. The van der Waals surface area contributed by atoms with Gasteiger partial charge in [0, 0.05) is 24.9 Å². The minimum absolute atomic E-state index is 0.0898. The first-order valence-electron chi connectivity index (χ1n) is 6.90. The van der Waals surface area contributed by atoms with E-state index in [-0.39, 0.29) is 18.0 Å². The van der Waals surface area contributed by atoms with Gasteiger partial charge < -0.3 is 15.8 Å². The van der Waals surface area contributed by atoms with Crippen LogP contribution in [0.15, 0.2) is 18.2 Å². The molecule has 0 aliphatic carbocycles. The van der Waals surface area contributed by atoms with Crippen LogP contribution in [0, 0.1) is 0 Å². The molecule has 0 fully saturated rings. The molecule has 2 atom stereocenters. The fourth-order valence-electron chi connectivity index (χ4n) is 2.58. The first kappa shape index (κ1) is 13.9. The van der Waals surface area contributed by atoms with E-state index in [1.165, 1.54) is 11.1 Å². The Labute approximate surface area is 114 Å². The number of nitrogens with two attached hydrogens (primary N) is 1. The SMILES string of the molecule is CCC(NC(C)CC(N)=O)c1ccc2c(c1)CCO2. The van der Waals surface area contributed by atoms with Gasteiger partial charge in [-0.05, 0) is 30.5 Å². The van der Waals surface area contributed by atoms with Gasteiger partial charge in [-0.3, -0.25) is 4.79 Å². The lowest BCUT2D eigenvalue weighted by Gasteiger charge is -2.22. The number of primary amides is 1. The Balaban J connectivity index is 2.07. The summed E-state index contributed by atoms with van der Waals surface area (Å²) in [5, 5.41) is 3.46. The zero-order chi connectivity index (χ0) is 13.8. The molecule has 104 valence electrons. The third kappa shape index (κ3) is 3.47. The van der Waals surface area contributed by atoms with Gasteiger partial charge in [-0.15, -0.1) is 0 Å². The van der Waals surface area contributed by atoms with Gasteiger partial charge in [-0.25, -0.2) is 0 Å². The number of fused-ring (bicyclic) bond motifs is 1. The van der Waals surface area contributed by atoms with Crippen molar-refractivity contribution in [2.75, 3.05) is 6.61 Å². The third-order valence-electron chi connectivity index (χ3n) is 3.52. The smallest absolute Gasteiger partial charge is 0.218 e. The first-order valence-corrected chi connectivity index (χ1v) is 6.90. The van der Waals surface area contributed by atoms with Crippen molar-refractivity contribution >= 4 is 5.91 Å². The number of rotatable bonds is 6. The molecule has 2 unspecified atom stereocenters. The topological polar surface area (TPSA) is 64.3 Å². The van der Waals surface area contributed by atoms with Crippen LogP contribution in [0.1, 0.15) is 43.9 Å². The second-order valence-corrected chi connectivity index (χ2v) is 5.16. The second-order valence-electron chi connectivity index (χ2n) is 5.16. The van der Waals surface area contributed by atoms with Crippen LogP contribution in [-0.2, 0) is 11.2 Å². The van der Waals surface area contributed by atoms with Crippen molar-refractivity contribution < 1.29 is 9.53 Å². The van der Waals surface area contributed by atoms with Crippen molar-refractivity contribution in [3.05, 3.63) is 29.3 Å². The van der Waals surface area contributed by atoms with Gasteiger partial charge >= 0.3 is 0 Å². The highest BCUT2D eigenvalue weighted by Crippen LogP contribution is 2.29. The van der Waals surface area contributed by atoms with Crippen LogP contribution in [0.3, 0.4) is 0 Å². The summed E-state index contributed by atoms with van der Waals surface area (Å²) in [6.45, 7) is 4.91. The number of carbonyl (C=O) groups excluding carboxylic acids is 1. The Kier molecular flexibility index (Phi) is 4.43.